The van der Waals surface area contributed by atoms with Crippen LogP contribution in [0.1, 0.15) is 32.8 Å². The Morgan fingerprint density at radius 2 is 2.05 bits per heavy atom. The van der Waals surface area contributed by atoms with Gasteiger partial charge >= 0.3 is 0 Å². The minimum absolute atomic E-state index is 0.139. The standard InChI is InChI=1S/C15H22BrN3/c1-9-6-10(2)11(3)19(8-9)14-7-12(16)4-5-13(14)15(17)18/h4-5,7,9-11H,6,8H2,1-3H3,(H3,17,18). The summed E-state index contributed by atoms with van der Waals surface area (Å²) in [6.07, 6.45) is 1.26. The van der Waals surface area contributed by atoms with Gasteiger partial charge < -0.3 is 10.6 Å². The molecule has 0 saturated carbocycles. The van der Waals surface area contributed by atoms with Gasteiger partial charge in [0.15, 0.2) is 0 Å². The van der Waals surface area contributed by atoms with Crippen molar-refractivity contribution in [3.05, 3.63) is 28.2 Å². The lowest BCUT2D eigenvalue weighted by Gasteiger charge is -2.43. The van der Waals surface area contributed by atoms with Crippen molar-refractivity contribution < 1.29 is 0 Å². The lowest BCUT2D eigenvalue weighted by Crippen LogP contribution is -2.46. The summed E-state index contributed by atoms with van der Waals surface area (Å²) in [5.74, 6) is 1.47. The molecular formula is C15H22BrN3. The van der Waals surface area contributed by atoms with Gasteiger partial charge in [0.05, 0.1) is 0 Å². The van der Waals surface area contributed by atoms with Crippen LogP contribution in [0.15, 0.2) is 22.7 Å². The van der Waals surface area contributed by atoms with Gasteiger partial charge in [0.1, 0.15) is 5.84 Å². The summed E-state index contributed by atoms with van der Waals surface area (Å²) in [5.41, 5.74) is 7.63. The van der Waals surface area contributed by atoms with E-state index >= 15 is 0 Å². The van der Waals surface area contributed by atoms with E-state index in [-0.39, 0.29) is 5.84 Å². The maximum absolute atomic E-state index is 7.77. The van der Waals surface area contributed by atoms with Gasteiger partial charge in [0.25, 0.3) is 0 Å². The molecule has 1 aliphatic rings. The zero-order valence-electron chi connectivity index (χ0n) is 11.8. The monoisotopic (exact) mass is 323 g/mol. The second-order valence-electron chi connectivity index (χ2n) is 5.79. The van der Waals surface area contributed by atoms with Crippen molar-refractivity contribution in [2.24, 2.45) is 17.6 Å². The first-order valence-corrected chi connectivity index (χ1v) is 7.60. The molecule has 0 aliphatic carbocycles. The van der Waals surface area contributed by atoms with Crippen molar-refractivity contribution in [2.45, 2.75) is 33.2 Å². The minimum atomic E-state index is 0.139. The molecule has 1 aromatic carbocycles. The number of nitrogens with one attached hydrogen (secondary N) is 1. The highest BCUT2D eigenvalue weighted by Crippen LogP contribution is 2.34. The van der Waals surface area contributed by atoms with Crippen LogP contribution in [0, 0.1) is 17.2 Å². The summed E-state index contributed by atoms with van der Waals surface area (Å²) in [7, 11) is 0. The lowest BCUT2D eigenvalue weighted by molar-refractivity contribution is 0.297. The molecule has 3 atom stereocenters. The van der Waals surface area contributed by atoms with E-state index in [0.717, 1.165) is 22.3 Å². The van der Waals surface area contributed by atoms with Crippen LogP contribution in [0.4, 0.5) is 5.69 Å². The smallest absolute Gasteiger partial charge is 0.124 e. The number of nitrogens with zero attached hydrogens (tertiary/aromatic N) is 1. The van der Waals surface area contributed by atoms with E-state index in [1.807, 2.05) is 12.1 Å². The molecule has 19 heavy (non-hydrogen) atoms. The van der Waals surface area contributed by atoms with Gasteiger partial charge in [0.2, 0.25) is 0 Å². The van der Waals surface area contributed by atoms with E-state index in [1.165, 1.54) is 6.42 Å². The molecule has 104 valence electrons. The molecule has 1 fully saturated rings. The van der Waals surface area contributed by atoms with Gasteiger partial charge in [0, 0.05) is 28.3 Å². The van der Waals surface area contributed by atoms with Crippen LogP contribution < -0.4 is 10.6 Å². The molecule has 0 aromatic heterocycles. The lowest BCUT2D eigenvalue weighted by atomic mass is 9.85. The molecule has 0 bridgehead atoms. The van der Waals surface area contributed by atoms with Gasteiger partial charge in [-0.25, -0.2) is 0 Å². The molecule has 0 radical (unpaired) electrons. The molecular weight excluding hydrogens is 302 g/mol. The number of nitrogen functional groups attached to an aromatic ring is 1. The topological polar surface area (TPSA) is 53.1 Å². The summed E-state index contributed by atoms with van der Waals surface area (Å²) in [6, 6.07) is 6.43. The number of halogens is 1. The Hall–Kier alpha value is -1.03. The Morgan fingerprint density at radius 1 is 1.37 bits per heavy atom. The third kappa shape index (κ3) is 2.94. The Labute approximate surface area is 123 Å². The van der Waals surface area contributed by atoms with Gasteiger partial charge in [-0.05, 0) is 43.4 Å². The summed E-state index contributed by atoms with van der Waals surface area (Å²) in [5, 5.41) is 7.77. The molecule has 3 nitrogen and oxygen atoms in total. The van der Waals surface area contributed by atoms with E-state index in [9.17, 15) is 0 Å². The zero-order chi connectivity index (χ0) is 14.2. The van der Waals surface area contributed by atoms with Crippen LogP contribution in [0.25, 0.3) is 0 Å². The molecule has 0 amide bonds. The second-order valence-corrected chi connectivity index (χ2v) is 6.70. The van der Waals surface area contributed by atoms with E-state index < -0.39 is 0 Å². The number of hydrogen-bond donors (Lipinski definition) is 2. The number of anilines is 1. The summed E-state index contributed by atoms with van der Waals surface area (Å²) >= 11 is 3.52. The van der Waals surface area contributed by atoms with Crippen LogP contribution in [-0.4, -0.2) is 18.4 Å². The fourth-order valence-corrected chi connectivity index (χ4v) is 3.35. The van der Waals surface area contributed by atoms with Crippen LogP contribution >= 0.6 is 15.9 Å². The maximum atomic E-state index is 7.77. The van der Waals surface area contributed by atoms with Gasteiger partial charge in [-0.15, -0.1) is 0 Å². The Balaban J connectivity index is 2.44. The summed E-state index contributed by atoms with van der Waals surface area (Å²) < 4.78 is 1.03. The first kappa shape index (κ1) is 14.4. The van der Waals surface area contributed by atoms with Crippen LogP contribution in [0.3, 0.4) is 0 Å². The molecule has 3 unspecified atom stereocenters. The van der Waals surface area contributed by atoms with Crippen molar-refractivity contribution in [3.8, 4) is 0 Å². The van der Waals surface area contributed by atoms with Gasteiger partial charge in [-0.3, -0.25) is 5.41 Å². The molecule has 1 aromatic rings. The van der Waals surface area contributed by atoms with Crippen LogP contribution in [0.2, 0.25) is 0 Å². The molecule has 1 saturated heterocycles. The summed E-state index contributed by atoms with van der Waals surface area (Å²) in [6.45, 7) is 7.89. The number of piperidine rings is 1. The average Bonchev–Trinajstić information content (AvgIpc) is 2.33. The molecule has 2 rings (SSSR count). The number of nitrogens with two attached hydrogens (primary N) is 1. The summed E-state index contributed by atoms with van der Waals surface area (Å²) in [4.78, 5) is 2.40. The van der Waals surface area contributed by atoms with E-state index in [0.29, 0.717) is 17.9 Å². The largest absolute Gasteiger partial charge is 0.384 e. The van der Waals surface area contributed by atoms with Gasteiger partial charge in [-0.2, -0.15) is 0 Å². The number of benzene rings is 1. The third-order valence-corrected chi connectivity index (χ3v) is 4.65. The average molecular weight is 324 g/mol. The van der Waals surface area contributed by atoms with Crippen molar-refractivity contribution in [2.75, 3.05) is 11.4 Å². The Morgan fingerprint density at radius 3 is 2.68 bits per heavy atom. The number of amidine groups is 1. The molecule has 1 aliphatic heterocycles. The molecule has 1 heterocycles. The SMILES string of the molecule is CC1CC(C)C(C)N(c2cc(Br)ccc2C(=N)N)C1. The Bertz CT molecular complexity index is 486. The minimum Gasteiger partial charge on any atom is -0.384 e. The van der Waals surface area contributed by atoms with Crippen molar-refractivity contribution in [3.63, 3.8) is 0 Å². The van der Waals surface area contributed by atoms with Crippen molar-refractivity contribution in [1.29, 1.82) is 5.41 Å². The normalized spacial score (nSPS) is 27.4. The molecule has 4 heteroatoms. The number of rotatable bonds is 2. The highest BCUT2D eigenvalue weighted by Gasteiger charge is 2.30. The molecule has 3 N–H and O–H groups in total. The number of hydrogen-bond acceptors (Lipinski definition) is 2. The quantitative estimate of drug-likeness (QED) is 0.645. The van der Waals surface area contributed by atoms with E-state index in [2.05, 4.69) is 47.7 Å². The van der Waals surface area contributed by atoms with E-state index in [4.69, 9.17) is 11.1 Å². The highest BCUT2D eigenvalue weighted by molar-refractivity contribution is 9.10. The van der Waals surface area contributed by atoms with Gasteiger partial charge in [-0.1, -0.05) is 29.8 Å². The van der Waals surface area contributed by atoms with E-state index in [1.54, 1.807) is 0 Å². The molecule has 0 spiro atoms. The van der Waals surface area contributed by atoms with Crippen LogP contribution in [-0.2, 0) is 0 Å². The maximum Gasteiger partial charge on any atom is 0.124 e. The first-order valence-electron chi connectivity index (χ1n) is 6.80. The predicted octanol–water partition coefficient (Wildman–Crippen LogP) is 3.60. The van der Waals surface area contributed by atoms with Crippen molar-refractivity contribution >= 4 is 27.5 Å². The third-order valence-electron chi connectivity index (χ3n) is 4.16. The zero-order valence-corrected chi connectivity index (χ0v) is 13.4. The fraction of sp³-hybridized carbons (Fsp3) is 0.533. The Kier molecular flexibility index (Phi) is 4.19. The highest BCUT2D eigenvalue weighted by atomic mass is 79.9. The fourth-order valence-electron chi connectivity index (χ4n) is 3.00. The first-order chi connectivity index (χ1) is 8.90. The van der Waals surface area contributed by atoms with Crippen LogP contribution in [0.5, 0.6) is 0 Å². The van der Waals surface area contributed by atoms with Crippen molar-refractivity contribution in [1.82, 2.24) is 0 Å². The second kappa shape index (κ2) is 5.53. The predicted molar refractivity (Wildman–Crippen MR) is 84.9 cm³/mol.